The second-order valence-corrected chi connectivity index (χ2v) is 8.65. The third kappa shape index (κ3) is 3.99. The van der Waals surface area contributed by atoms with Crippen LogP contribution in [0.4, 0.5) is 11.5 Å². The molecule has 144 valence electrons. The van der Waals surface area contributed by atoms with E-state index in [1.165, 1.54) is 12.8 Å². The van der Waals surface area contributed by atoms with E-state index in [1.807, 2.05) is 25.1 Å². The molecule has 0 unspecified atom stereocenters. The van der Waals surface area contributed by atoms with Crippen molar-refractivity contribution in [2.24, 2.45) is 0 Å². The summed E-state index contributed by atoms with van der Waals surface area (Å²) in [5.41, 5.74) is 3.02. The Kier molecular flexibility index (Phi) is 5.00. The first-order chi connectivity index (χ1) is 13.5. The summed E-state index contributed by atoms with van der Waals surface area (Å²) in [6.07, 6.45) is 2.37. The number of anilines is 2. The predicted molar refractivity (Wildman–Crippen MR) is 111 cm³/mol. The van der Waals surface area contributed by atoms with Crippen LogP contribution >= 0.6 is 0 Å². The summed E-state index contributed by atoms with van der Waals surface area (Å²) in [6.45, 7) is 3.96. The molecule has 6 nitrogen and oxygen atoms in total. The number of benzene rings is 2. The van der Waals surface area contributed by atoms with Crippen molar-refractivity contribution in [1.29, 1.82) is 0 Å². The fraction of sp³-hybridized carbons (Fsp3) is 0.238. The van der Waals surface area contributed by atoms with Crippen molar-refractivity contribution in [3.63, 3.8) is 0 Å². The van der Waals surface area contributed by atoms with Crippen molar-refractivity contribution < 1.29 is 8.42 Å². The van der Waals surface area contributed by atoms with Gasteiger partial charge in [-0.15, -0.1) is 10.2 Å². The topological polar surface area (TPSA) is 75.2 Å². The van der Waals surface area contributed by atoms with Gasteiger partial charge in [-0.3, -0.25) is 4.72 Å². The van der Waals surface area contributed by atoms with Gasteiger partial charge in [-0.2, -0.15) is 0 Å². The minimum Gasteiger partial charge on any atom is -0.355 e. The molecule has 1 N–H and O–H groups in total. The van der Waals surface area contributed by atoms with Crippen LogP contribution in [0.2, 0.25) is 0 Å². The van der Waals surface area contributed by atoms with E-state index in [0.717, 1.165) is 30.0 Å². The molecular weight excluding hydrogens is 372 g/mol. The second-order valence-electron chi connectivity index (χ2n) is 6.97. The molecule has 2 aromatic carbocycles. The molecular formula is C21H22N4O2S. The van der Waals surface area contributed by atoms with Gasteiger partial charge in [0.1, 0.15) is 0 Å². The number of nitrogens with zero attached hydrogens (tertiary/aromatic N) is 3. The largest absolute Gasteiger partial charge is 0.355 e. The van der Waals surface area contributed by atoms with Crippen molar-refractivity contribution >= 4 is 21.5 Å². The average Bonchev–Trinajstić information content (AvgIpc) is 3.23. The van der Waals surface area contributed by atoms with Gasteiger partial charge in [-0.1, -0.05) is 29.8 Å². The smallest absolute Gasteiger partial charge is 0.261 e. The van der Waals surface area contributed by atoms with E-state index >= 15 is 0 Å². The van der Waals surface area contributed by atoms with Gasteiger partial charge in [0.25, 0.3) is 10.0 Å². The van der Waals surface area contributed by atoms with Crippen molar-refractivity contribution in [1.82, 2.24) is 10.2 Å². The van der Waals surface area contributed by atoms with E-state index in [4.69, 9.17) is 0 Å². The molecule has 1 saturated heterocycles. The Hall–Kier alpha value is -2.93. The number of hydrogen-bond acceptors (Lipinski definition) is 5. The highest BCUT2D eigenvalue weighted by atomic mass is 32.2. The number of nitrogens with one attached hydrogen (secondary N) is 1. The first-order valence-electron chi connectivity index (χ1n) is 9.30. The first kappa shape index (κ1) is 18.4. The molecule has 1 fully saturated rings. The predicted octanol–water partition coefficient (Wildman–Crippen LogP) is 3.85. The van der Waals surface area contributed by atoms with Crippen LogP contribution in [0, 0.1) is 6.92 Å². The van der Waals surface area contributed by atoms with Gasteiger partial charge in [0.15, 0.2) is 5.82 Å². The number of aromatic nitrogens is 2. The SMILES string of the molecule is Cc1ccc(S(=O)(=O)Nc2cccc(-c3ccc(N4CCCC4)nn3)c2)cc1. The van der Waals surface area contributed by atoms with Crippen molar-refractivity contribution in [3.8, 4) is 11.3 Å². The third-order valence-electron chi connectivity index (χ3n) is 4.82. The fourth-order valence-corrected chi connectivity index (χ4v) is 4.32. The maximum atomic E-state index is 12.6. The van der Waals surface area contributed by atoms with E-state index in [-0.39, 0.29) is 4.90 Å². The Labute approximate surface area is 165 Å². The van der Waals surface area contributed by atoms with Gasteiger partial charge in [0.05, 0.1) is 10.6 Å². The molecule has 3 aromatic rings. The van der Waals surface area contributed by atoms with Gasteiger partial charge in [0, 0.05) is 24.3 Å². The lowest BCUT2D eigenvalue weighted by Gasteiger charge is -2.15. The first-order valence-corrected chi connectivity index (χ1v) is 10.8. The summed E-state index contributed by atoms with van der Waals surface area (Å²) in [6, 6.07) is 17.8. The molecule has 0 atom stereocenters. The van der Waals surface area contributed by atoms with Crippen LogP contribution in [0.1, 0.15) is 18.4 Å². The number of sulfonamides is 1. The summed E-state index contributed by atoms with van der Waals surface area (Å²) >= 11 is 0. The quantitative estimate of drug-likeness (QED) is 0.711. The van der Waals surface area contributed by atoms with Crippen LogP contribution < -0.4 is 9.62 Å². The molecule has 1 aliphatic heterocycles. The van der Waals surface area contributed by atoms with E-state index in [2.05, 4.69) is 19.8 Å². The molecule has 4 rings (SSSR count). The van der Waals surface area contributed by atoms with Crippen LogP contribution in [0.5, 0.6) is 0 Å². The van der Waals surface area contributed by atoms with Crippen LogP contribution in [0.3, 0.4) is 0 Å². The fourth-order valence-electron chi connectivity index (χ4n) is 3.27. The molecule has 28 heavy (non-hydrogen) atoms. The lowest BCUT2D eigenvalue weighted by molar-refractivity contribution is 0.601. The van der Waals surface area contributed by atoms with Crippen LogP contribution in [-0.4, -0.2) is 31.7 Å². The molecule has 0 aliphatic carbocycles. The highest BCUT2D eigenvalue weighted by molar-refractivity contribution is 7.92. The molecule has 0 saturated carbocycles. The average molecular weight is 395 g/mol. The van der Waals surface area contributed by atoms with E-state index in [9.17, 15) is 8.42 Å². The molecule has 0 spiro atoms. The maximum Gasteiger partial charge on any atom is 0.261 e. The van der Waals surface area contributed by atoms with Crippen LogP contribution in [0.15, 0.2) is 65.6 Å². The highest BCUT2D eigenvalue weighted by Crippen LogP contribution is 2.24. The standard InChI is InChI=1S/C21H22N4O2S/c1-16-7-9-19(10-8-16)28(26,27)24-18-6-4-5-17(15-18)20-11-12-21(23-22-20)25-13-2-3-14-25/h4-12,15,24H,2-3,13-14H2,1H3. The lowest BCUT2D eigenvalue weighted by Crippen LogP contribution is -2.19. The molecule has 0 radical (unpaired) electrons. The minimum atomic E-state index is -3.64. The maximum absolute atomic E-state index is 12.6. The molecule has 0 amide bonds. The summed E-state index contributed by atoms with van der Waals surface area (Å²) in [7, 11) is -3.64. The van der Waals surface area contributed by atoms with Gasteiger partial charge >= 0.3 is 0 Å². The normalized spacial score (nSPS) is 14.2. The highest BCUT2D eigenvalue weighted by Gasteiger charge is 2.16. The summed E-state index contributed by atoms with van der Waals surface area (Å²) in [5.74, 6) is 0.887. The van der Waals surface area contributed by atoms with Crippen molar-refractivity contribution in [3.05, 3.63) is 66.2 Å². The van der Waals surface area contributed by atoms with E-state index in [0.29, 0.717) is 11.4 Å². The summed E-state index contributed by atoms with van der Waals surface area (Å²) in [4.78, 5) is 2.46. The second kappa shape index (κ2) is 7.59. The zero-order valence-corrected chi connectivity index (χ0v) is 16.5. The minimum absolute atomic E-state index is 0.235. The Morgan fingerprint density at radius 2 is 1.68 bits per heavy atom. The Morgan fingerprint density at radius 1 is 0.929 bits per heavy atom. The Morgan fingerprint density at radius 3 is 2.36 bits per heavy atom. The molecule has 1 aromatic heterocycles. The zero-order valence-electron chi connectivity index (χ0n) is 15.7. The summed E-state index contributed by atoms with van der Waals surface area (Å²) in [5, 5.41) is 8.66. The van der Waals surface area contributed by atoms with Crippen LogP contribution in [0.25, 0.3) is 11.3 Å². The number of aryl methyl sites for hydroxylation is 1. The molecule has 7 heteroatoms. The Bertz CT molecular complexity index is 1060. The molecule has 2 heterocycles. The lowest BCUT2D eigenvalue weighted by atomic mass is 10.1. The van der Waals surface area contributed by atoms with E-state index < -0.39 is 10.0 Å². The number of rotatable bonds is 5. The van der Waals surface area contributed by atoms with Gasteiger partial charge in [-0.05, 0) is 56.2 Å². The van der Waals surface area contributed by atoms with Gasteiger partial charge in [0.2, 0.25) is 0 Å². The summed E-state index contributed by atoms with van der Waals surface area (Å²) < 4.78 is 27.9. The molecule has 1 aliphatic rings. The Balaban J connectivity index is 1.55. The van der Waals surface area contributed by atoms with Crippen molar-refractivity contribution in [2.45, 2.75) is 24.7 Å². The third-order valence-corrected chi connectivity index (χ3v) is 6.22. The van der Waals surface area contributed by atoms with Gasteiger partial charge in [-0.25, -0.2) is 8.42 Å². The van der Waals surface area contributed by atoms with Crippen LogP contribution in [-0.2, 0) is 10.0 Å². The number of hydrogen-bond donors (Lipinski definition) is 1. The monoisotopic (exact) mass is 394 g/mol. The molecule has 0 bridgehead atoms. The zero-order chi connectivity index (χ0) is 19.6. The van der Waals surface area contributed by atoms with E-state index in [1.54, 1.807) is 42.5 Å². The van der Waals surface area contributed by atoms with Crippen molar-refractivity contribution in [2.75, 3.05) is 22.7 Å². The van der Waals surface area contributed by atoms with Gasteiger partial charge < -0.3 is 4.90 Å².